The minimum absolute atomic E-state index is 0.150. The van der Waals surface area contributed by atoms with E-state index in [0.717, 1.165) is 11.1 Å². The summed E-state index contributed by atoms with van der Waals surface area (Å²) < 4.78 is 17.0. The van der Waals surface area contributed by atoms with Crippen LogP contribution in [0.25, 0.3) is 0 Å². The average Bonchev–Trinajstić information content (AvgIpc) is 3.27. The van der Waals surface area contributed by atoms with E-state index >= 15 is 0 Å². The van der Waals surface area contributed by atoms with Gasteiger partial charge in [0.05, 0.1) is 39.6 Å². The van der Waals surface area contributed by atoms with E-state index in [9.17, 15) is 9.59 Å². The molecule has 8 nitrogen and oxygen atoms in total. The molecule has 0 aliphatic rings. The molecule has 1 heterocycles. The van der Waals surface area contributed by atoms with Gasteiger partial charge >= 0.3 is 5.97 Å². The molecule has 3 aromatic rings. The van der Waals surface area contributed by atoms with Crippen molar-refractivity contribution in [1.82, 2.24) is 14.7 Å². The zero-order valence-electron chi connectivity index (χ0n) is 18.1. The Labute approximate surface area is 191 Å². The maximum absolute atomic E-state index is 13.2. The van der Waals surface area contributed by atoms with Crippen molar-refractivity contribution in [2.45, 2.75) is 13.1 Å². The molecule has 0 unspecified atom stereocenters. The van der Waals surface area contributed by atoms with Crippen LogP contribution in [0, 0.1) is 0 Å². The third-order valence-electron chi connectivity index (χ3n) is 4.79. The first-order valence-corrected chi connectivity index (χ1v) is 10.1. The molecule has 0 saturated carbocycles. The van der Waals surface area contributed by atoms with Crippen LogP contribution < -0.4 is 9.47 Å². The van der Waals surface area contributed by atoms with Crippen molar-refractivity contribution in [2.75, 3.05) is 27.9 Å². The van der Waals surface area contributed by atoms with Crippen LogP contribution in [0.15, 0.2) is 54.9 Å². The molecule has 2 aromatic carbocycles. The molecule has 1 aromatic heterocycles. The Kier molecular flexibility index (Phi) is 7.72. The van der Waals surface area contributed by atoms with Crippen LogP contribution in [-0.4, -0.2) is 54.4 Å². The summed E-state index contributed by atoms with van der Waals surface area (Å²) >= 11 is 6.22. The molecule has 0 N–H and O–H groups in total. The van der Waals surface area contributed by atoms with Crippen molar-refractivity contribution in [3.63, 3.8) is 0 Å². The smallest absolute Gasteiger partial charge is 0.325 e. The number of hydrogen-bond donors (Lipinski definition) is 0. The van der Waals surface area contributed by atoms with Crippen LogP contribution >= 0.6 is 11.6 Å². The van der Waals surface area contributed by atoms with Crippen molar-refractivity contribution in [1.29, 1.82) is 0 Å². The number of ether oxygens (including phenoxy) is 3. The lowest BCUT2D eigenvalue weighted by Crippen LogP contribution is -2.35. The Morgan fingerprint density at radius 1 is 1.06 bits per heavy atom. The second kappa shape index (κ2) is 10.7. The van der Waals surface area contributed by atoms with Crippen LogP contribution in [0.5, 0.6) is 11.5 Å². The summed E-state index contributed by atoms with van der Waals surface area (Å²) in [4.78, 5) is 26.6. The minimum Gasteiger partial charge on any atom is -0.497 e. The van der Waals surface area contributed by atoms with Gasteiger partial charge in [-0.15, -0.1) is 0 Å². The fraction of sp³-hybridized carbons (Fsp3) is 0.261. The molecule has 0 saturated heterocycles. The van der Waals surface area contributed by atoms with Crippen LogP contribution in [0.1, 0.15) is 21.5 Å². The number of nitrogens with zero attached hydrogens (tertiary/aromatic N) is 3. The van der Waals surface area contributed by atoms with Crippen LogP contribution in [0.3, 0.4) is 0 Å². The van der Waals surface area contributed by atoms with Gasteiger partial charge in [0.2, 0.25) is 0 Å². The zero-order valence-corrected chi connectivity index (χ0v) is 18.8. The number of benzene rings is 2. The van der Waals surface area contributed by atoms with Gasteiger partial charge < -0.3 is 19.1 Å². The van der Waals surface area contributed by atoms with Crippen molar-refractivity contribution < 1.29 is 23.8 Å². The third kappa shape index (κ3) is 5.79. The Morgan fingerprint density at radius 3 is 2.38 bits per heavy atom. The van der Waals surface area contributed by atoms with E-state index in [4.69, 9.17) is 25.8 Å². The Bertz CT molecular complexity index is 1080. The van der Waals surface area contributed by atoms with Crippen molar-refractivity contribution in [3.8, 4) is 11.5 Å². The van der Waals surface area contributed by atoms with E-state index in [2.05, 4.69) is 5.10 Å². The van der Waals surface area contributed by atoms with Crippen molar-refractivity contribution >= 4 is 23.5 Å². The van der Waals surface area contributed by atoms with Gasteiger partial charge in [0.15, 0.2) is 0 Å². The van der Waals surface area contributed by atoms with Crippen LogP contribution in [-0.2, 0) is 22.6 Å². The van der Waals surface area contributed by atoms with Gasteiger partial charge in [0, 0.05) is 23.8 Å². The standard InChI is InChI=1S/C23H24ClN3O5/c1-30-19-8-16(9-20(10-19)31-2)12-26(15-22(28)32-3)23(29)18-11-25-27(14-18)13-17-6-4-5-7-21(17)24/h4-11,14H,12-13,15H2,1-3H3. The predicted octanol–water partition coefficient (Wildman–Crippen LogP) is 3.42. The second-order valence-electron chi connectivity index (χ2n) is 6.98. The molecule has 0 bridgehead atoms. The fourth-order valence-electron chi connectivity index (χ4n) is 3.14. The SMILES string of the molecule is COC(=O)CN(Cc1cc(OC)cc(OC)c1)C(=O)c1cnn(Cc2ccccc2Cl)c1. The van der Waals surface area contributed by atoms with E-state index in [1.165, 1.54) is 18.2 Å². The number of carbonyl (C=O) groups is 2. The van der Waals surface area contributed by atoms with Gasteiger partial charge in [-0.05, 0) is 29.3 Å². The normalized spacial score (nSPS) is 10.5. The van der Waals surface area contributed by atoms with E-state index in [-0.39, 0.29) is 19.0 Å². The number of carbonyl (C=O) groups excluding carboxylic acids is 2. The lowest BCUT2D eigenvalue weighted by molar-refractivity contribution is -0.141. The van der Waals surface area contributed by atoms with Gasteiger partial charge in [0.25, 0.3) is 5.91 Å². The van der Waals surface area contributed by atoms with Gasteiger partial charge in [-0.2, -0.15) is 5.10 Å². The summed E-state index contributed by atoms with van der Waals surface area (Å²) in [6.07, 6.45) is 3.09. The summed E-state index contributed by atoms with van der Waals surface area (Å²) in [6, 6.07) is 12.7. The number of hydrogen-bond acceptors (Lipinski definition) is 6. The number of aromatic nitrogens is 2. The van der Waals surface area contributed by atoms with E-state index in [1.54, 1.807) is 49.4 Å². The second-order valence-corrected chi connectivity index (χ2v) is 7.38. The monoisotopic (exact) mass is 457 g/mol. The zero-order chi connectivity index (χ0) is 23.1. The highest BCUT2D eigenvalue weighted by Gasteiger charge is 2.22. The van der Waals surface area contributed by atoms with E-state index in [0.29, 0.717) is 28.6 Å². The lowest BCUT2D eigenvalue weighted by Gasteiger charge is -2.21. The molecule has 9 heteroatoms. The molecule has 0 fully saturated rings. The number of rotatable bonds is 9. The van der Waals surface area contributed by atoms with E-state index in [1.807, 2.05) is 18.2 Å². The van der Waals surface area contributed by atoms with Gasteiger partial charge in [0.1, 0.15) is 18.0 Å². The Balaban J connectivity index is 1.83. The molecule has 32 heavy (non-hydrogen) atoms. The van der Waals surface area contributed by atoms with Gasteiger partial charge in [-0.1, -0.05) is 29.8 Å². The maximum atomic E-state index is 13.2. The molecule has 3 rings (SSSR count). The summed E-state index contributed by atoms with van der Waals surface area (Å²) in [7, 11) is 4.37. The average molecular weight is 458 g/mol. The Hall–Kier alpha value is -3.52. The highest BCUT2D eigenvalue weighted by atomic mass is 35.5. The summed E-state index contributed by atoms with van der Waals surface area (Å²) in [5.74, 6) is 0.272. The van der Waals surface area contributed by atoms with E-state index < -0.39 is 5.97 Å². The fourth-order valence-corrected chi connectivity index (χ4v) is 3.34. The topological polar surface area (TPSA) is 82.9 Å². The molecule has 168 valence electrons. The molecule has 0 radical (unpaired) electrons. The molecule has 0 spiro atoms. The highest BCUT2D eigenvalue weighted by Crippen LogP contribution is 2.24. The molecule has 0 aliphatic carbocycles. The number of esters is 1. The van der Waals surface area contributed by atoms with Gasteiger partial charge in [-0.25, -0.2) is 0 Å². The molecular formula is C23H24ClN3O5. The largest absolute Gasteiger partial charge is 0.497 e. The highest BCUT2D eigenvalue weighted by molar-refractivity contribution is 6.31. The summed E-state index contributed by atoms with van der Waals surface area (Å²) in [5.41, 5.74) is 1.96. The van der Waals surface area contributed by atoms with Crippen LogP contribution in [0.2, 0.25) is 5.02 Å². The van der Waals surface area contributed by atoms with Crippen LogP contribution in [0.4, 0.5) is 0 Å². The number of halogens is 1. The molecule has 0 aliphatic heterocycles. The number of amides is 1. The van der Waals surface area contributed by atoms with Crippen molar-refractivity contribution in [3.05, 3.63) is 76.6 Å². The first-order valence-electron chi connectivity index (χ1n) is 9.77. The quantitative estimate of drug-likeness (QED) is 0.458. The minimum atomic E-state index is -0.531. The first kappa shape index (κ1) is 23.1. The van der Waals surface area contributed by atoms with Gasteiger partial charge in [-0.3, -0.25) is 14.3 Å². The molecule has 1 amide bonds. The predicted molar refractivity (Wildman–Crippen MR) is 119 cm³/mol. The summed E-state index contributed by atoms with van der Waals surface area (Å²) in [5, 5.41) is 4.89. The molecule has 0 atom stereocenters. The molecular weight excluding hydrogens is 434 g/mol. The third-order valence-corrected chi connectivity index (χ3v) is 5.16. The maximum Gasteiger partial charge on any atom is 0.325 e. The summed E-state index contributed by atoms with van der Waals surface area (Å²) in [6.45, 7) is 0.346. The first-order chi connectivity index (χ1) is 15.4. The Morgan fingerprint density at radius 2 is 1.75 bits per heavy atom. The van der Waals surface area contributed by atoms with Crippen molar-refractivity contribution in [2.24, 2.45) is 0 Å². The number of methoxy groups -OCH3 is 3. The lowest BCUT2D eigenvalue weighted by atomic mass is 10.1.